The lowest BCUT2D eigenvalue weighted by molar-refractivity contribution is -0.135. The fourth-order valence-corrected chi connectivity index (χ4v) is 4.62. The van der Waals surface area contributed by atoms with Gasteiger partial charge in [-0.25, -0.2) is 4.98 Å². The Morgan fingerprint density at radius 2 is 2.16 bits per heavy atom. The minimum atomic E-state index is -0.179. The fraction of sp³-hybridized carbons (Fsp3) is 0.706. The third-order valence-electron chi connectivity index (χ3n) is 5.23. The molecule has 1 aliphatic heterocycles. The number of nitrogens with zero attached hydrogens (tertiary/aromatic N) is 3. The summed E-state index contributed by atoms with van der Waals surface area (Å²) in [5.41, 5.74) is 7.21. The third-order valence-corrected chi connectivity index (χ3v) is 6.31. The normalized spacial score (nSPS) is 26.3. The van der Waals surface area contributed by atoms with E-state index < -0.39 is 0 Å². The van der Waals surface area contributed by atoms with Crippen LogP contribution in [0.2, 0.25) is 0 Å². The molecule has 1 fully saturated rings. The average Bonchev–Trinajstić information content (AvgIpc) is 3.12. The van der Waals surface area contributed by atoms with Crippen molar-refractivity contribution in [2.75, 3.05) is 20.6 Å². The van der Waals surface area contributed by atoms with Crippen molar-refractivity contribution in [2.45, 2.75) is 51.4 Å². The van der Waals surface area contributed by atoms with Crippen LogP contribution in [0.15, 0.2) is 0 Å². The highest BCUT2D eigenvalue weighted by Gasteiger charge is 2.34. The Kier molecular flexibility index (Phi) is 5.41. The number of amides is 2. The molecule has 0 radical (unpaired) electrons. The average molecular weight is 366 g/mol. The third kappa shape index (κ3) is 3.86. The molecule has 0 spiro atoms. The molecule has 3 atom stereocenters. The summed E-state index contributed by atoms with van der Waals surface area (Å²) in [6.45, 7) is 4.30. The summed E-state index contributed by atoms with van der Waals surface area (Å²) in [4.78, 5) is 34.6. The molecule has 0 bridgehead atoms. The van der Waals surface area contributed by atoms with Crippen LogP contribution in [0.4, 0.5) is 0 Å². The number of hydrogen-bond donors (Lipinski definition) is 2. The van der Waals surface area contributed by atoms with Crippen LogP contribution < -0.4 is 11.1 Å². The molecule has 1 aromatic heterocycles. The van der Waals surface area contributed by atoms with Crippen LogP contribution >= 0.6 is 11.3 Å². The second kappa shape index (κ2) is 7.39. The molecule has 8 heteroatoms. The molecule has 2 amide bonds. The van der Waals surface area contributed by atoms with Crippen molar-refractivity contribution in [3.8, 4) is 0 Å². The van der Waals surface area contributed by atoms with Crippen LogP contribution in [0.3, 0.4) is 0 Å². The van der Waals surface area contributed by atoms with Gasteiger partial charge in [0.05, 0.1) is 5.69 Å². The smallest absolute Gasteiger partial charge is 0.280 e. The molecule has 0 unspecified atom stereocenters. The van der Waals surface area contributed by atoms with E-state index in [-0.39, 0.29) is 29.8 Å². The van der Waals surface area contributed by atoms with Crippen molar-refractivity contribution in [2.24, 2.45) is 11.7 Å². The standard InChI is InChI=1S/C17H27N5O2S/c1-4-22(3)17(24)10-5-6-11(18)12(7-10)19-15(23)16-20-13-8-21(2)9-14(13)25-16/h10-12H,4-9,18H2,1-3H3,(H,19,23)/t10-,11-,12+/m0/s1. The van der Waals surface area contributed by atoms with Gasteiger partial charge in [0, 0.05) is 49.6 Å². The minimum Gasteiger partial charge on any atom is -0.346 e. The number of carbonyl (C=O) groups excluding carboxylic acids is 2. The molecule has 2 aliphatic rings. The van der Waals surface area contributed by atoms with Crippen LogP contribution in [0.25, 0.3) is 0 Å². The Labute approximate surface area is 152 Å². The SMILES string of the molecule is CCN(C)C(=O)[C@H]1CC[C@H](N)[C@H](NC(=O)c2nc3c(s2)CN(C)C3)C1. The van der Waals surface area contributed by atoms with E-state index in [9.17, 15) is 9.59 Å². The van der Waals surface area contributed by atoms with E-state index in [1.54, 1.807) is 4.90 Å². The minimum absolute atomic E-state index is 0.0648. The molecule has 2 heterocycles. The summed E-state index contributed by atoms with van der Waals surface area (Å²) < 4.78 is 0. The largest absolute Gasteiger partial charge is 0.346 e. The van der Waals surface area contributed by atoms with Gasteiger partial charge in [0.1, 0.15) is 0 Å². The van der Waals surface area contributed by atoms with Gasteiger partial charge in [0.25, 0.3) is 5.91 Å². The van der Waals surface area contributed by atoms with Crippen LogP contribution in [0.5, 0.6) is 0 Å². The molecule has 0 saturated heterocycles. The molecule has 7 nitrogen and oxygen atoms in total. The zero-order chi connectivity index (χ0) is 18.1. The summed E-state index contributed by atoms with van der Waals surface area (Å²) in [5.74, 6) is -0.0886. The van der Waals surface area contributed by atoms with E-state index in [1.165, 1.54) is 16.2 Å². The Bertz CT molecular complexity index is 638. The first kappa shape index (κ1) is 18.3. The Morgan fingerprint density at radius 3 is 2.84 bits per heavy atom. The predicted octanol–water partition coefficient (Wildman–Crippen LogP) is 0.793. The van der Waals surface area contributed by atoms with Crippen molar-refractivity contribution >= 4 is 23.2 Å². The van der Waals surface area contributed by atoms with E-state index in [4.69, 9.17) is 5.73 Å². The van der Waals surface area contributed by atoms with Gasteiger partial charge in [-0.1, -0.05) is 0 Å². The maximum Gasteiger partial charge on any atom is 0.280 e. The molecular formula is C17H27N5O2S. The van der Waals surface area contributed by atoms with Gasteiger partial charge < -0.3 is 16.0 Å². The molecule has 1 aliphatic carbocycles. The maximum absolute atomic E-state index is 12.6. The number of rotatable bonds is 4. The molecule has 138 valence electrons. The van der Waals surface area contributed by atoms with E-state index in [0.29, 0.717) is 18.0 Å². The van der Waals surface area contributed by atoms with Crippen LogP contribution in [-0.2, 0) is 17.9 Å². The first-order valence-electron chi connectivity index (χ1n) is 8.87. The van der Waals surface area contributed by atoms with Gasteiger partial charge >= 0.3 is 0 Å². The lowest BCUT2D eigenvalue weighted by atomic mass is 9.82. The van der Waals surface area contributed by atoms with Crippen molar-refractivity contribution < 1.29 is 9.59 Å². The Hall–Kier alpha value is -1.51. The summed E-state index contributed by atoms with van der Waals surface area (Å²) in [5, 5.41) is 3.53. The van der Waals surface area contributed by atoms with Gasteiger partial charge in [0.15, 0.2) is 5.01 Å². The van der Waals surface area contributed by atoms with Crippen LogP contribution in [-0.4, -0.2) is 59.3 Å². The van der Waals surface area contributed by atoms with E-state index in [0.717, 1.165) is 31.6 Å². The van der Waals surface area contributed by atoms with Gasteiger partial charge in [-0.05, 0) is 33.2 Å². The highest BCUT2D eigenvalue weighted by molar-refractivity contribution is 7.13. The zero-order valence-corrected chi connectivity index (χ0v) is 15.9. The topological polar surface area (TPSA) is 91.6 Å². The Balaban J connectivity index is 1.63. The highest BCUT2D eigenvalue weighted by Crippen LogP contribution is 2.28. The van der Waals surface area contributed by atoms with Gasteiger partial charge in [-0.2, -0.15) is 0 Å². The van der Waals surface area contributed by atoms with Crippen molar-refractivity contribution in [1.29, 1.82) is 0 Å². The number of aromatic nitrogens is 1. The van der Waals surface area contributed by atoms with E-state index >= 15 is 0 Å². The van der Waals surface area contributed by atoms with Crippen molar-refractivity contribution in [3.05, 3.63) is 15.6 Å². The molecule has 0 aromatic carbocycles. The van der Waals surface area contributed by atoms with Crippen molar-refractivity contribution in [3.63, 3.8) is 0 Å². The lowest BCUT2D eigenvalue weighted by Gasteiger charge is -2.35. The van der Waals surface area contributed by atoms with Crippen molar-refractivity contribution in [1.82, 2.24) is 20.1 Å². The summed E-state index contributed by atoms with van der Waals surface area (Å²) >= 11 is 1.46. The summed E-state index contributed by atoms with van der Waals surface area (Å²) in [6, 6.07) is -0.292. The molecule has 3 rings (SSSR count). The van der Waals surface area contributed by atoms with Crippen LogP contribution in [0, 0.1) is 5.92 Å². The summed E-state index contributed by atoms with van der Waals surface area (Å²) in [6.07, 6.45) is 2.14. The highest BCUT2D eigenvalue weighted by atomic mass is 32.1. The molecule has 3 N–H and O–H groups in total. The van der Waals surface area contributed by atoms with Gasteiger partial charge in [0.2, 0.25) is 5.91 Å². The zero-order valence-electron chi connectivity index (χ0n) is 15.1. The number of carbonyl (C=O) groups is 2. The number of nitrogens with one attached hydrogen (secondary N) is 1. The van der Waals surface area contributed by atoms with E-state index in [1.807, 2.05) is 21.0 Å². The first-order chi connectivity index (χ1) is 11.9. The van der Waals surface area contributed by atoms with Gasteiger partial charge in [-0.3, -0.25) is 14.5 Å². The number of fused-ring (bicyclic) bond motifs is 1. The van der Waals surface area contributed by atoms with Crippen LogP contribution in [0.1, 0.15) is 46.6 Å². The lowest BCUT2D eigenvalue weighted by Crippen LogP contribution is -2.53. The molecular weight excluding hydrogens is 338 g/mol. The number of nitrogens with two attached hydrogens (primary N) is 1. The first-order valence-corrected chi connectivity index (χ1v) is 9.69. The van der Waals surface area contributed by atoms with Gasteiger partial charge in [-0.15, -0.1) is 11.3 Å². The molecule has 1 saturated carbocycles. The number of thiazole rings is 1. The number of hydrogen-bond acceptors (Lipinski definition) is 6. The second-order valence-electron chi connectivity index (χ2n) is 7.17. The monoisotopic (exact) mass is 365 g/mol. The van der Waals surface area contributed by atoms with E-state index in [2.05, 4.69) is 15.2 Å². The molecule has 25 heavy (non-hydrogen) atoms. The Morgan fingerprint density at radius 1 is 1.40 bits per heavy atom. The summed E-state index contributed by atoms with van der Waals surface area (Å²) in [7, 11) is 3.86. The second-order valence-corrected chi connectivity index (χ2v) is 8.25. The fourth-order valence-electron chi connectivity index (χ4n) is 3.57. The maximum atomic E-state index is 12.6. The quantitative estimate of drug-likeness (QED) is 0.823. The predicted molar refractivity (Wildman–Crippen MR) is 97.2 cm³/mol. The molecule has 1 aromatic rings.